The van der Waals surface area contributed by atoms with E-state index in [1.54, 1.807) is 12.1 Å². The average molecular weight is 420 g/mol. The van der Waals surface area contributed by atoms with Gasteiger partial charge in [-0.15, -0.1) is 0 Å². The maximum absolute atomic E-state index is 11.7. The van der Waals surface area contributed by atoms with Crippen molar-refractivity contribution >= 4 is 87.1 Å². The van der Waals surface area contributed by atoms with Gasteiger partial charge in [0.15, 0.2) is 0 Å². The van der Waals surface area contributed by atoms with Crippen molar-refractivity contribution in [3.63, 3.8) is 0 Å². The highest BCUT2D eigenvalue weighted by molar-refractivity contribution is 6.57. The molecule has 1 N–H and O–H groups in total. The lowest BCUT2D eigenvalue weighted by atomic mass is 10.2. The molecular formula is C13H5Cl6NO2. The zero-order valence-electron chi connectivity index (χ0n) is 10.4. The molecule has 9 heteroatoms. The van der Waals surface area contributed by atoms with Gasteiger partial charge in [-0.25, -0.2) is 9.69 Å². The topological polar surface area (TPSA) is 40.5 Å². The first kappa shape index (κ1) is 17.8. The summed E-state index contributed by atoms with van der Waals surface area (Å²) >= 11 is 36.1. The van der Waals surface area contributed by atoms with Gasteiger partial charge in [0, 0.05) is 0 Å². The Morgan fingerprint density at radius 3 is 1.73 bits per heavy atom. The Morgan fingerprint density at radius 1 is 0.818 bits per heavy atom. The third-order valence-corrected chi connectivity index (χ3v) is 5.27. The number of amides is 1. The maximum atomic E-state index is 11.7. The van der Waals surface area contributed by atoms with E-state index in [1.165, 1.54) is 12.1 Å². The summed E-state index contributed by atoms with van der Waals surface area (Å²) in [5, 5.41) is 9.14. The van der Waals surface area contributed by atoms with Crippen LogP contribution in [0.25, 0.3) is 0 Å². The van der Waals surface area contributed by atoms with E-state index < -0.39 is 6.09 Å². The van der Waals surface area contributed by atoms with Gasteiger partial charge in [0.05, 0.1) is 41.5 Å². The maximum Gasteiger partial charge on any atom is 0.416 e. The molecule has 0 radical (unpaired) electrons. The number of rotatable bonds is 2. The molecule has 0 spiro atoms. The van der Waals surface area contributed by atoms with Gasteiger partial charge >= 0.3 is 6.09 Å². The average Bonchev–Trinajstić information content (AvgIpc) is 2.48. The lowest BCUT2D eigenvalue weighted by molar-refractivity contribution is 0.205. The van der Waals surface area contributed by atoms with E-state index in [1.807, 2.05) is 0 Å². The van der Waals surface area contributed by atoms with Crippen LogP contribution in [0.5, 0.6) is 0 Å². The molecule has 0 saturated carbocycles. The third kappa shape index (κ3) is 3.07. The summed E-state index contributed by atoms with van der Waals surface area (Å²) in [5.74, 6) is 0. The van der Waals surface area contributed by atoms with Crippen LogP contribution in [-0.4, -0.2) is 11.2 Å². The minimum atomic E-state index is -1.37. The second-order valence-electron chi connectivity index (χ2n) is 3.99. The monoisotopic (exact) mass is 417 g/mol. The number of benzene rings is 2. The quantitative estimate of drug-likeness (QED) is 0.406. The van der Waals surface area contributed by atoms with Crippen molar-refractivity contribution in [2.24, 2.45) is 0 Å². The van der Waals surface area contributed by atoms with Gasteiger partial charge in [-0.1, -0.05) is 81.7 Å². The molecule has 0 aliphatic carbocycles. The van der Waals surface area contributed by atoms with Crippen molar-refractivity contribution in [3.05, 3.63) is 54.4 Å². The van der Waals surface area contributed by atoms with Crippen LogP contribution >= 0.6 is 69.6 Å². The van der Waals surface area contributed by atoms with E-state index in [2.05, 4.69) is 0 Å². The smallest absolute Gasteiger partial charge is 0.416 e. The Kier molecular flexibility index (Phi) is 5.59. The molecule has 0 aliphatic rings. The van der Waals surface area contributed by atoms with Gasteiger partial charge < -0.3 is 5.11 Å². The van der Waals surface area contributed by atoms with Crippen molar-refractivity contribution in [2.75, 3.05) is 4.90 Å². The van der Waals surface area contributed by atoms with Crippen molar-refractivity contribution in [1.82, 2.24) is 0 Å². The van der Waals surface area contributed by atoms with Crippen molar-refractivity contribution in [2.45, 2.75) is 0 Å². The predicted molar refractivity (Wildman–Crippen MR) is 93.1 cm³/mol. The molecule has 22 heavy (non-hydrogen) atoms. The highest BCUT2D eigenvalue weighted by Gasteiger charge is 2.29. The van der Waals surface area contributed by atoms with Crippen molar-refractivity contribution < 1.29 is 9.90 Å². The molecule has 2 rings (SSSR count). The molecule has 0 aromatic heterocycles. The molecule has 0 heterocycles. The summed E-state index contributed by atoms with van der Waals surface area (Å²) < 4.78 is 0. The van der Waals surface area contributed by atoms with Crippen LogP contribution in [-0.2, 0) is 0 Å². The molecule has 2 aromatic rings. The highest BCUT2D eigenvalue weighted by Crippen LogP contribution is 2.50. The van der Waals surface area contributed by atoms with E-state index in [0.29, 0.717) is 0 Å². The van der Waals surface area contributed by atoms with Gasteiger partial charge in [0.2, 0.25) is 0 Å². The second kappa shape index (κ2) is 6.91. The first-order chi connectivity index (χ1) is 10.3. The molecule has 0 saturated heterocycles. The summed E-state index contributed by atoms with van der Waals surface area (Å²) in [4.78, 5) is 12.5. The standard InChI is InChI=1S/C13H5Cl6NO2/c14-5-3-1-2-4-6(5)20(13(21)22)12-10(18)8(16)7(15)9(17)11(12)19/h1-4H,(H,21,22). The first-order valence-corrected chi connectivity index (χ1v) is 7.83. The van der Waals surface area contributed by atoms with Crippen molar-refractivity contribution in [1.29, 1.82) is 0 Å². The second-order valence-corrected chi connectivity index (χ2v) is 6.28. The van der Waals surface area contributed by atoms with Gasteiger partial charge in [0.1, 0.15) is 0 Å². The third-order valence-electron chi connectivity index (χ3n) is 2.69. The minimum absolute atomic E-state index is 0.0634. The molecule has 0 unspecified atom stereocenters. The number of anilines is 2. The van der Waals surface area contributed by atoms with E-state index in [0.717, 1.165) is 4.90 Å². The minimum Gasteiger partial charge on any atom is -0.464 e. The lowest BCUT2D eigenvalue weighted by Gasteiger charge is -2.24. The van der Waals surface area contributed by atoms with E-state index in [9.17, 15) is 9.90 Å². The van der Waals surface area contributed by atoms with Crippen LogP contribution in [0.1, 0.15) is 0 Å². The molecule has 0 atom stereocenters. The number of carbonyl (C=O) groups is 1. The summed E-state index contributed by atoms with van der Waals surface area (Å²) in [6.07, 6.45) is -1.37. The van der Waals surface area contributed by atoms with Gasteiger partial charge in [-0.2, -0.15) is 0 Å². The Labute approximate surface area is 155 Å². The molecule has 0 aliphatic heterocycles. The van der Waals surface area contributed by atoms with E-state index in [-0.39, 0.29) is 41.5 Å². The van der Waals surface area contributed by atoms with Crippen LogP contribution < -0.4 is 4.90 Å². The molecule has 1 amide bonds. The number of nitrogens with zero attached hydrogens (tertiary/aromatic N) is 1. The SMILES string of the molecule is O=C(O)N(c1ccccc1Cl)c1c(Cl)c(Cl)c(Cl)c(Cl)c1Cl. The van der Waals surface area contributed by atoms with Crippen LogP contribution in [0.3, 0.4) is 0 Å². The zero-order valence-corrected chi connectivity index (χ0v) is 14.9. The number of hydrogen-bond donors (Lipinski definition) is 1. The van der Waals surface area contributed by atoms with Crippen molar-refractivity contribution in [3.8, 4) is 0 Å². The fraction of sp³-hybridized carbons (Fsp3) is 0. The lowest BCUT2D eigenvalue weighted by Crippen LogP contribution is -2.25. The Balaban J connectivity index is 2.82. The van der Waals surface area contributed by atoms with Crippen LogP contribution in [0, 0.1) is 0 Å². The summed E-state index contributed by atoms with van der Waals surface area (Å²) in [5.41, 5.74) is 0.0262. The number of carboxylic acid groups (broad SMARTS) is 1. The van der Waals surface area contributed by atoms with E-state index >= 15 is 0 Å². The molecular weight excluding hydrogens is 415 g/mol. The molecule has 2 aromatic carbocycles. The van der Waals surface area contributed by atoms with Crippen LogP contribution in [0.4, 0.5) is 16.2 Å². The predicted octanol–water partition coefficient (Wildman–Crippen LogP) is 7.42. The number of halogens is 6. The Bertz CT molecular complexity index is 735. The fourth-order valence-corrected chi connectivity index (χ4v) is 3.26. The van der Waals surface area contributed by atoms with Gasteiger partial charge in [-0.3, -0.25) is 0 Å². The number of para-hydroxylation sites is 1. The summed E-state index contributed by atoms with van der Waals surface area (Å²) in [7, 11) is 0. The van der Waals surface area contributed by atoms with E-state index in [4.69, 9.17) is 69.6 Å². The molecule has 0 fully saturated rings. The fourth-order valence-electron chi connectivity index (χ4n) is 1.74. The largest absolute Gasteiger partial charge is 0.464 e. The molecule has 116 valence electrons. The highest BCUT2D eigenvalue weighted by atomic mass is 35.5. The van der Waals surface area contributed by atoms with Crippen LogP contribution in [0.2, 0.25) is 30.1 Å². The molecule has 0 bridgehead atoms. The molecule has 3 nitrogen and oxygen atoms in total. The first-order valence-electron chi connectivity index (χ1n) is 5.56. The Morgan fingerprint density at radius 2 is 1.27 bits per heavy atom. The van der Waals surface area contributed by atoms with Crippen LogP contribution in [0.15, 0.2) is 24.3 Å². The summed E-state index contributed by atoms with van der Waals surface area (Å²) in [6.45, 7) is 0. The summed E-state index contributed by atoms with van der Waals surface area (Å²) in [6, 6.07) is 6.27. The van der Waals surface area contributed by atoms with Gasteiger partial charge in [-0.05, 0) is 12.1 Å². The Hall–Kier alpha value is -0.550. The normalized spacial score (nSPS) is 10.6. The number of hydrogen-bond acceptors (Lipinski definition) is 1. The van der Waals surface area contributed by atoms with Gasteiger partial charge in [0.25, 0.3) is 0 Å². The zero-order chi connectivity index (χ0) is 16.6.